The molecule has 1 fully saturated rings. The van der Waals surface area contributed by atoms with Gasteiger partial charge < -0.3 is 4.74 Å². The van der Waals surface area contributed by atoms with Crippen LogP contribution in [-0.2, 0) is 4.74 Å². The molecule has 1 aliphatic rings. The lowest BCUT2D eigenvalue weighted by atomic mass is 9.99. The molecule has 1 rings (SSSR count). The van der Waals surface area contributed by atoms with Crippen molar-refractivity contribution in [2.24, 2.45) is 0 Å². The van der Waals surface area contributed by atoms with E-state index < -0.39 is 0 Å². The van der Waals surface area contributed by atoms with Crippen LogP contribution in [0.1, 0.15) is 54.4 Å². The van der Waals surface area contributed by atoms with Crippen LogP contribution in [0, 0.1) is 0 Å². The summed E-state index contributed by atoms with van der Waals surface area (Å²) in [6, 6.07) is 0. The minimum Gasteiger partial charge on any atom is -0.371 e. The van der Waals surface area contributed by atoms with Gasteiger partial charge in [0.25, 0.3) is 0 Å². The maximum atomic E-state index is 6.19. The SMILES string of the molecule is CC1CCC(OC(C)(C)C)C(C)(C)SS1. The first-order chi connectivity index (χ1) is 6.71. The quantitative estimate of drug-likeness (QED) is 0.632. The summed E-state index contributed by atoms with van der Waals surface area (Å²) in [6.07, 6.45) is 2.83. The second-order valence-electron chi connectivity index (χ2n) is 5.89. The Kier molecular flexibility index (Phi) is 4.47. The zero-order chi connectivity index (χ0) is 11.7. The third-order valence-corrected chi connectivity index (χ3v) is 6.45. The molecule has 3 heteroatoms. The van der Waals surface area contributed by atoms with Crippen molar-refractivity contribution >= 4 is 21.6 Å². The number of rotatable bonds is 1. The van der Waals surface area contributed by atoms with Crippen molar-refractivity contribution in [1.82, 2.24) is 0 Å². The summed E-state index contributed by atoms with van der Waals surface area (Å²) >= 11 is 0. The molecular weight excluding hydrogens is 224 g/mol. The second-order valence-corrected chi connectivity index (χ2v) is 9.18. The molecule has 0 spiro atoms. The van der Waals surface area contributed by atoms with Crippen LogP contribution in [0.5, 0.6) is 0 Å². The van der Waals surface area contributed by atoms with Gasteiger partial charge >= 0.3 is 0 Å². The Morgan fingerprint density at radius 2 is 1.80 bits per heavy atom. The Morgan fingerprint density at radius 3 is 2.33 bits per heavy atom. The normalized spacial score (nSPS) is 32.4. The summed E-state index contributed by atoms with van der Waals surface area (Å²) in [6.45, 7) is 13.4. The van der Waals surface area contributed by atoms with E-state index in [1.165, 1.54) is 12.8 Å². The topological polar surface area (TPSA) is 9.23 Å². The predicted octanol–water partition coefficient (Wildman–Crippen LogP) is 4.51. The maximum absolute atomic E-state index is 6.19. The van der Waals surface area contributed by atoms with E-state index in [9.17, 15) is 0 Å². The standard InChI is InChI=1S/C12H24OS2/c1-9-7-8-10(13-11(2,3)4)12(5,6)15-14-9/h9-10H,7-8H2,1-6H3. The zero-order valence-corrected chi connectivity index (χ0v) is 12.4. The van der Waals surface area contributed by atoms with Crippen LogP contribution in [0.2, 0.25) is 0 Å². The van der Waals surface area contributed by atoms with E-state index in [0.717, 1.165) is 5.25 Å². The van der Waals surface area contributed by atoms with Crippen molar-refractivity contribution in [1.29, 1.82) is 0 Å². The molecule has 0 amide bonds. The fraction of sp³-hybridized carbons (Fsp3) is 1.00. The predicted molar refractivity (Wildman–Crippen MR) is 72.6 cm³/mol. The Morgan fingerprint density at radius 1 is 1.20 bits per heavy atom. The highest BCUT2D eigenvalue weighted by atomic mass is 33.1. The van der Waals surface area contributed by atoms with Crippen LogP contribution in [0.15, 0.2) is 0 Å². The van der Waals surface area contributed by atoms with Gasteiger partial charge in [-0.15, -0.1) is 0 Å². The summed E-state index contributed by atoms with van der Waals surface area (Å²) in [5.74, 6) is 0. The molecule has 2 unspecified atom stereocenters. The van der Waals surface area contributed by atoms with Gasteiger partial charge in [0.2, 0.25) is 0 Å². The van der Waals surface area contributed by atoms with Crippen LogP contribution >= 0.6 is 21.6 Å². The van der Waals surface area contributed by atoms with Crippen LogP contribution in [-0.4, -0.2) is 21.7 Å². The van der Waals surface area contributed by atoms with E-state index in [1.807, 2.05) is 21.6 Å². The molecule has 1 nitrogen and oxygen atoms in total. The zero-order valence-electron chi connectivity index (χ0n) is 10.8. The molecule has 0 aromatic rings. The molecule has 90 valence electrons. The van der Waals surface area contributed by atoms with Crippen molar-refractivity contribution in [3.8, 4) is 0 Å². The molecule has 0 aliphatic carbocycles. The average molecular weight is 248 g/mol. The van der Waals surface area contributed by atoms with Crippen LogP contribution < -0.4 is 0 Å². The monoisotopic (exact) mass is 248 g/mol. The Hall–Kier alpha value is 0.660. The van der Waals surface area contributed by atoms with Gasteiger partial charge in [0, 0.05) is 10.00 Å². The van der Waals surface area contributed by atoms with Crippen LogP contribution in [0.4, 0.5) is 0 Å². The van der Waals surface area contributed by atoms with Crippen molar-refractivity contribution in [2.75, 3.05) is 0 Å². The fourth-order valence-electron chi connectivity index (χ4n) is 1.67. The maximum Gasteiger partial charge on any atom is 0.0732 e. The largest absolute Gasteiger partial charge is 0.371 e. The van der Waals surface area contributed by atoms with Gasteiger partial charge in [-0.25, -0.2) is 0 Å². The van der Waals surface area contributed by atoms with E-state index >= 15 is 0 Å². The lowest BCUT2D eigenvalue weighted by Gasteiger charge is -2.36. The Balaban J connectivity index is 2.67. The molecule has 0 aromatic heterocycles. The smallest absolute Gasteiger partial charge is 0.0732 e. The lowest BCUT2D eigenvalue weighted by Crippen LogP contribution is -2.39. The van der Waals surface area contributed by atoms with Gasteiger partial charge in [0.05, 0.1) is 11.7 Å². The van der Waals surface area contributed by atoms with Crippen LogP contribution in [0.3, 0.4) is 0 Å². The van der Waals surface area contributed by atoms with Gasteiger partial charge in [-0.2, -0.15) is 0 Å². The molecule has 1 saturated heterocycles. The van der Waals surface area contributed by atoms with Gasteiger partial charge in [-0.3, -0.25) is 0 Å². The van der Waals surface area contributed by atoms with Crippen molar-refractivity contribution in [2.45, 2.75) is 76.1 Å². The van der Waals surface area contributed by atoms with Gasteiger partial charge in [-0.05, 0) is 47.5 Å². The Labute approximate surface area is 103 Å². The van der Waals surface area contributed by atoms with Gasteiger partial charge in [-0.1, -0.05) is 28.5 Å². The third-order valence-electron chi connectivity index (χ3n) is 2.53. The van der Waals surface area contributed by atoms with E-state index in [0.29, 0.717) is 6.10 Å². The first-order valence-electron chi connectivity index (χ1n) is 5.73. The highest BCUT2D eigenvalue weighted by molar-refractivity contribution is 8.77. The van der Waals surface area contributed by atoms with Crippen molar-refractivity contribution in [3.05, 3.63) is 0 Å². The summed E-state index contributed by atoms with van der Waals surface area (Å²) in [5.41, 5.74) is -0.0270. The highest BCUT2D eigenvalue weighted by Crippen LogP contribution is 2.47. The molecule has 1 heterocycles. The number of hydrogen-bond donors (Lipinski definition) is 0. The molecule has 0 bridgehead atoms. The minimum absolute atomic E-state index is 0.0270. The Bertz CT molecular complexity index is 208. The molecule has 0 N–H and O–H groups in total. The molecule has 2 atom stereocenters. The van der Waals surface area contributed by atoms with Crippen molar-refractivity contribution < 1.29 is 4.74 Å². The molecule has 0 radical (unpaired) electrons. The third kappa shape index (κ3) is 4.58. The van der Waals surface area contributed by atoms with E-state index in [2.05, 4.69) is 41.5 Å². The summed E-state index contributed by atoms with van der Waals surface area (Å²) < 4.78 is 6.41. The van der Waals surface area contributed by atoms with E-state index in [4.69, 9.17) is 4.74 Å². The summed E-state index contributed by atoms with van der Waals surface area (Å²) in [7, 11) is 4.00. The molecular formula is C12H24OS2. The number of hydrogen-bond acceptors (Lipinski definition) is 3. The van der Waals surface area contributed by atoms with Crippen LogP contribution in [0.25, 0.3) is 0 Å². The first kappa shape index (κ1) is 13.7. The fourth-order valence-corrected chi connectivity index (χ4v) is 4.43. The van der Waals surface area contributed by atoms with Gasteiger partial charge in [0.15, 0.2) is 0 Å². The lowest BCUT2D eigenvalue weighted by molar-refractivity contribution is -0.0749. The molecule has 15 heavy (non-hydrogen) atoms. The summed E-state index contributed by atoms with van der Waals surface area (Å²) in [4.78, 5) is 0. The van der Waals surface area contributed by atoms with Gasteiger partial charge in [0.1, 0.15) is 0 Å². The summed E-state index contributed by atoms with van der Waals surface area (Å²) in [5, 5.41) is 0.753. The number of ether oxygens (including phenoxy) is 1. The molecule has 1 aliphatic heterocycles. The highest BCUT2D eigenvalue weighted by Gasteiger charge is 2.37. The second kappa shape index (κ2) is 4.89. The average Bonchev–Trinajstić information content (AvgIpc) is 2.15. The van der Waals surface area contributed by atoms with Crippen molar-refractivity contribution in [3.63, 3.8) is 0 Å². The van der Waals surface area contributed by atoms with E-state index in [-0.39, 0.29) is 10.3 Å². The molecule has 0 saturated carbocycles. The first-order valence-corrected chi connectivity index (χ1v) is 7.94. The molecule has 0 aromatic carbocycles. The minimum atomic E-state index is -0.0270. The van der Waals surface area contributed by atoms with E-state index in [1.54, 1.807) is 0 Å².